The Morgan fingerprint density at radius 2 is 1.68 bits per heavy atom. The fourth-order valence-electron chi connectivity index (χ4n) is 2.29. The molecule has 3 nitrogen and oxygen atoms in total. The lowest BCUT2D eigenvalue weighted by atomic mass is 10.0. The molecule has 0 bridgehead atoms. The summed E-state index contributed by atoms with van der Waals surface area (Å²) in [6, 6.07) is 8.67. The summed E-state index contributed by atoms with van der Waals surface area (Å²) in [4.78, 5) is 0. The zero-order valence-electron chi connectivity index (χ0n) is 11.7. The highest BCUT2D eigenvalue weighted by Gasteiger charge is 2.00. The van der Waals surface area contributed by atoms with Gasteiger partial charge >= 0.3 is 0 Å². The molecule has 3 heteroatoms. The summed E-state index contributed by atoms with van der Waals surface area (Å²) in [5, 5.41) is 10.6. The molecule has 0 fully saturated rings. The largest absolute Gasteiger partial charge is 0.197 e. The number of nitrogens with one attached hydrogen (secondary N) is 1. The lowest BCUT2D eigenvalue weighted by Crippen LogP contribution is -1.87. The molecule has 0 aliphatic carbocycles. The van der Waals surface area contributed by atoms with Gasteiger partial charge in [-0.1, -0.05) is 63.3 Å². The van der Waals surface area contributed by atoms with Crippen molar-refractivity contribution in [2.45, 2.75) is 51.9 Å². The lowest BCUT2D eigenvalue weighted by Gasteiger charge is -2.03. The Morgan fingerprint density at radius 1 is 0.947 bits per heavy atom. The smallest absolute Gasteiger partial charge is 0.112 e. The summed E-state index contributed by atoms with van der Waals surface area (Å²) in [6.07, 6.45) is 11.1. The zero-order chi connectivity index (χ0) is 13.3. The van der Waals surface area contributed by atoms with Crippen molar-refractivity contribution in [1.82, 2.24) is 15.4 Å². The van der Waals surface area contributed by atoms with Crippen LogP contribution in [-0.4, -0.2) is 15.4 Å². The maximum Gasteiger partial charge on any atom is 0.112 e. The summed E-state index contributed by atoms with van der Waals surface area (Å²) in [5.74, 6) is 0. The summed E-state index contributed by atoms with van der Waals surface area (Å²) in [6.45, 7) is 2.26. The molecule has 2 aromatic rings. The number of hydrogen-bond donors (Lipinski definition) is 1. The Morgan fingerprint density at radius 3 is 2.37 bits per heavy atom. The molecule has 2 rings (SSSR count). The van der Waals surface area contributed by atoms with Crippen LogP contribution in [-0.2, 0) is 6.42 Å². The van der Waals surface area contributed by atoms with E-state index in [0.29, 0.717) is 0 Å². The van der Waals surface area contributed by atoms with Crippen LogP contribution in [0, 0.1) is 0 Å². The first-order valence-corrected chi connectivity index (χ1v) is 7.35. The van der Waals surface area contributed by atoms with Crippen LogP contribution < -0.4 is 0 Å². The molecule has 0 unspecified atom stereocenters. The number of nitrogens with zero attached hydrogens (tertiary/aromatic N) is 2. The Hall–Kier alpha value is -1.64. The Labute approximate surface area is 115 Å². The van der Waals surface area contributed by atoms with Crippen LogP contribution in [0.1, 0.15) is 51.0 Å². The Balaban J connectivity index is 1.73. The number of rotatable bonds is 8. The van der Waals surface area contributed by atoms with Crippen molar-refractivity contribution >= 4 is 0 Å². The highest BCUT2D eigenvalue weighted by molar-refractivity contribution is 5.57. The third-order valence-electron chi connectivity index (χ3n) is 3.48. The van der Waals surface area contributed by atoms with Gasteiger partial charge in [0.1, 0.15) is 5.69 Å². The monoisotopic (exact) mass is 257 g/mol. The number of unbranched alkanes of at least 4 members (excludes halogenated alkanes) is 5. The van der Waals surface area contributed by atoms with E-state index >= 15 is 0 Å². The molecule has 0 amide bonds. The van der Waals surface area contributed by atoms with Crippen molar-refractivity contribution in [3.63, 3.8) is 0 Å². The topological polar surface area (TPSA) is 41.6 Å². The number of aryl methyl sites for hydroxylation is 1. The van der Waals surface area contributed by atoms with Gasteiger partial charge in [0.25, 0.3) is 0 Å². The van der Waals surface area contributed by atoms with Crippen LogP contribution in [0.15, 0.2) is 30.5 Å². The van der Waals surface area contributed by atoms with Crippen molar-refractivity contribution in [3.8, 4) is 11.3 Å². The van der Waals surface area contributed by atoms with E-state index in [4.69, 9.17) is 0 Å². The second-order valence-corrected chi connectivity index (χ2v) is 5.07. The summed E-state index contributed by atoms with van der Waals surface area (Å²) in [7, 11) is 0. The van der Waals surface area contributed by atoms with E-state index in [-0.39, 0.29) is 0 Å². The summed E-state index contributed by atoms with van der Waals surface area (Å²) >= 11 is 0. The predicted octanol–water partition coefficient (Wildman–Crippen LogP) is 4.37. The molecule has 0 radical (unpaired) electrons. The first-order valence-electron chi connectivity index (χ1n) is 7.35. The minimum atomic E-state index is 0.908. The summed E-state index contributed by atoms with van der Waals surface area (Å²) < 4.78 is 0. The minimum absolute atomic E-state index is 0.908. The van der Waals surface area contributed by atoms with Gasteiger partial charge in [0.15, 0.2) is 0 Å². The molecule has 0 aliphatic heterocycles. The van der Waals surface area contributed by atoms with Crippen LogP contribution in [0.4, 0.5) is 0 Å². The third kappa shape index (κ3) is 4.51. The van der Waals surface area contributed by atoms with E-state index in [0.717, 1.165) is 11.3 Å². The fraction of sp³-hybridized carbons (Fsp3) is 0.500. The van der Waals surface area contributed by atoms with E-state index in [2.05, 4.69) is 46.6 Å². The average Bonchev–Trinajstić information content (AvgIpc) is 2.97. The molecule has 1 heterocycles. The van der Waals surface area contributed by atoms with E-state index in [1.54, 1.807) is 6.20 Å². The Kier molecular flexibility index (Phi) is 5.60. The molecule has 0 saturated carbocycles. The van der Waals surface area contributed by atoms with Gasteiger partial charge in [0.05, 0.1) is 6.20 Å². The molecular formula is C16H23N3. The van der Waals surface area contributed by atoms with E-state index < -0.39 is 0 Å². The molecule has 0 aliphatic rings. The maximum atomic E-state index is 4.08. The Bertz CT molecular complexity index is 445. The maximum absolute atomic E-state index is 4.08. The molecule has 1 aromatic carbocycles. The summed E-state index contributed by atoms with van der Waals surface area (Å²) in [5.41, 5.74) is 3.45. The van der Waals surface area contributed by atoms with Crippen molar-refractivity contribution in [1.29, 1.82) is 0 Å². The first-order chi connectivity index (χ1) is 9.40. The molecule has 0 saturated heterocycles. The second kappa shape index (κ2) is 7.72. The van der Waals surface area contributed by atoms with Crippen LogP contribution >= 0.6 is 0 Å². The van der Waals surface area contributed by atoms with Crippen LogP contribution in [0.25, 0.3) is 11.3 Å². The number of benzene rings is 1. The van der Waals surface area contributed by atoms with Gasteiger partial charge in [-0.3, -0.25) is 0 Å². The van der Waals surface area contributed by atoms with Gasteiger partial charge in [0, 0.05) is 5.56 Å². The van der Waals surface area contributed by atoms with Gasteiger partial charge in [-0.05, 0) is 18.4 Å². The molecule has 19 heavy (non-hydrogen) atoms. The standard InChI is InChI=1S/C16H23N3/c1-2-3-4-5-6-7-8-14-9-11-15(12-10-14)16-13-17-19-18-16/h9-13H,2-8H2,1H3,(H,17,18,19). The van der Waals surface area contributed by atoms with Gasteiger partial charge in [0.2, 0.25) is 0 Å². The van der Waals surface area contributed by atoms with Crippen LogP contribution in [0.3, 0.4) is 0 Å². The van der Waals surface area contributed by atoms with Crippen molar-refractivity contribution in [2.24, 2.45) is 0 Å². The second-order valence-electron chi connectivity index (χ2n) is 5.07. The first kappa shape index (κ1) is 13.8. The normalized spacial score (nSPS) is 10.8. The quantitative estimate of drug-likeness (QED) is 0.713. The van der Waals surface area contributed by atoms with Crippen LogP contribution in [0.2, 0.25) is 0 Å². The van der Waals surface area contributed by atoms with Gasteiger partial charge in [-0.25, -0.2) is 0 Å². The number of aromatic nitrogens is 3. The van der Waals surface area contributed by atoms with Crippen molar-refractivity contribution in [3.05, 3.63) is 36.0 Å². The SMILES string of the molecule is CCCCCCCCc1ccc(-c2cn[nH]n2)cc1. The number of H-pyrrole nitrogens is 1. The number of aromatic amines is 1. The zero-order valence-corrected chi connectivity index (χ0v) is 11.7. The van der Waals surface area contributed by atoms with Gasteiger partial charge < -0.3 is 0 Å². The molecule has 0 spiro atoms. The van der Waals surface area contributed by atoms with Gasteiger partial charge in [-0.15, -0.1) is 0 Å². The highest BCUT2D eigenvalue weighted by Crippen LogP contribution is 2.17. The molecule has 1 N–H and O–H groups in total. The van der Waals surface area contributed by atoms with E-state index in [9.17, 15) is 0 Å². The van der Waals surface area contributed by atoms with Crippen LogP contribution in [0.5, 0.6) is 0 Å². The van der Waals surface area contributed by atoms with Gasteiger partial charge in [-0.2, -0.15) is 15.4 Å². The van der Waals surface area contributed by atoms with E-state index in [1.807, 2.05) is 0 Å². The lowest BCUT2D eigenvalue weighted by molar-refractivity contribution is 0.607. The molecule has 102 valence electrons. The minimum Gasteiger partial charge on any atom is -0.197 e. The molecule has 0 atom stereocenters. The van der Waals surface area contributed by atoms with Crippen molar-refractivity contribution < 1.29 is 0 Å². The average molecular weight is 257 g/mol. The fourth-order valence-corrected chi connectivity index (χ4v) is 2.29. The molecular weight excluding hydrogens is 234 g/mol. The van der Waals surface area contributed by atoms with E-state index in [1.165, 1.54) is 50.5 Å². The molecule has 1 aromatic heterocycles. The third-order valence-corrected chi connectivity index (χ3v) is 3.48. The number of hydrogen-bond acceptors (Lipinski definition) is 2. The highest BCUT2D eigenvalue weighted by atomic mass is 15.3. The van der Waals surface area contributed by atoms with Crippen molar-refractivity contribution in [2.75, 3.05) is 0 Å². The predicted molar refractivity (Wildman–Crippen MR) is 78.9 cm³/mol.